The van der Waals surface area contributed by atoms with Crippen LogP contribution >= 0.6 is 0 Å². The second kappa shape index (κ2) is 7.05. The fourth-order valence-electron chi connectivity index (χ4n) is 2.26. The molecular weight excluding hydrogens is 254 g/mol. The monoisotopic (exact) mass is 275 g/mol. The average molecular weight is 275 g/mol. The van der Waals surface area contributed by atoms with Gasteiger partial charge in [-0.15, -0.1) is 0 Å². The van der Waals surface area contributed by atoms with E-state index in [1.165, 1.54) is 11.1 Å². The van der Waals surface area contributed by atoms with Crippen molar-refractivity contribution in [2.45, 2.75) is 32.4 Å². The largest absolute Gasteiger partial charge is 0.355 e. The van der Waals surface area contributed by atoms with E-state index in [0.717, 1.165) is 6.42 Å². The van der Waals surface area contributed by atoms with Crippen molar-refractivity contribution in [2.75, 3.05) is 13.1 Å². The fourth-order valence-corrected chi connectivity index (χ4v) is 2.26. The maximum Gasteiger partial charge on any atom is 0.239 e. The lowest BCUT2D eigenvalue weighted by Crippen LogP contribution is -2.49. The lowest BCUT2D eigenvalue weighted by atomic mass is 9.95. The maximum absolute atomic E-state index is 12.0. The highest BCUT2D eigenvalue weighted by Gasteiger charge is 2.23. The van der Waals surface area contributed by atoms with Crippen molar-refractivity contribution in [3.05, 3.63) is 35.4 Å². The molecule has 0 saturated carbocycles. The molecular formula is C15H21N3O2. The van der Waals surface area contributed by atoms with Crippen molar-refractivity contribution in [3.63, 3.8) is 0 Å². The van der Waals surface area contributed by atoms with Gasteiger partial charge in [0.15, 0.2) is 0 Å². The summed E-state index contributed by atoms with van der Waals surface area (Å²) in [5.41, 5.74) is 2.43. The molecule has 0 bridgehead atoms. The summed E-state index contributed by atoms with van der Waals surface area (Å²) in [4.78, 5) is 23.5. The molecule has 0 unspecified atom stereocenters. The summed E-state index contributed by atoms with van der Waals surface area (Å²) in [5, 5.41) is 8.61. The fraction of sp³-hybridized carbons (Fsp3) is 0.467. The number of nitrogens with one attached hydrogen (secondary N) is 3. The summed E-state index contributed by atoms with van der Waals surface area (Å²) < 4.78 is 0. The number of carbonyl (C=O) groups is 2. The first kappa shape index (κ1) is 14.5. The standard InChI is InChI=1S/C15H21N3O2/c1-2-7-16-14(19)10-18-15(20)13-8-11-5-3-4-6-12(11)9-17-13/h3-6,13,17H,2,7-10H2,1H3,(H,16,19)(H,18,20)/t13-/m1/s1. The first-order valence-corrected chi connectivity index (χ1v) is 7.05. The van der Waals surface area contributed by atoms with Gasteiger partial charge in [0.25, 0.3) is 0 Å². The van der Waals surface area contributed by atoms with Gasteiger partial charge in [0.2, 0.25) is 11.8 Å². The van der Waals surface area contributed by atoms with Crippen LogP contribution in [0.2, 0.25) is 0 Å². The van der Waals surface area contributed by atoms with Crippen LogP contribution in [0.5, 0.6) is 0 Å². The van der Waals surface area contributed by atoms with E-state index in [1.807, 2.05) is 25.1 Å². The first-order chi connectivity index (χ1) is 9.70. The summed E-state index contributed by atoms with van der Waals surface area (Å²) in [6.07, 6.45) is 1.55. The summed E-state index contributed by atoms with van der Waals surface area (Å²) in [6.45, 7) is 3.36. The SMILES string of the molecule is CCCNC(=O)CNC(=O)[C@H]1Cc2ccccc2CN1. The van der Waals surface area contributed by atoms with Crippen LogP contribution in [0, 0.1) is 0 Å². The second-order valence-electron chi connectivity index (χ2n) is 4.97. The van der Waals surface area contributed by atoms with E-state index in [2.05, 4.69) is 22.0 Å². The molecule has 0 aromatic heterocycles. The van der Waals surface area contributed by atoms with Crippen LogP contribution in [-0.2, 0) is 22.6 Å². The summed E-state index contributed by atoms with van der Waals surface area (Å²) in [5.74, 6) is -0.262. The molecule has 1 aliphatic rings. The molecule has 1 aromatic carbocycles. The van der Waals surface area contributed by atoms with Crippen LogP contribution in [-0.4, -0.2) is 30.9 Å². The molecule has 108 valence electrons. The average Bonchev–Trinajstić information content (AvgIpc) is 2.50. The first-order valence-electron chi connectivity index (χ1n) is 7.05. The van der Waals surface area contributed by atoms with Crippen LogP contribution in [0.4, 0.5) is 0 Å². The Hall–Kier alpha value is -1.88. The second-order valence-corrected chi connectivity index (χ2v) is 4.97. The van der Waals surface area contributed by atoms with Gasteiger partial charge in [0, 0.05) is 13.1 Å². The molecule has 5 nitrogen and oxygen atoms in total. The minimum absolute atomic E-state index is 0.0403. The van der Waals surface area contributed by atoms with Gasteiger partial charge in [0.1, 0.15) is 0 Å². The van der Waals surface area contributed by atoms with Gasteiger partial charge in [0.05, 0.1) is 12.6 Å². The number of hydrogen-bond donors (Lipinski definition) is 3. The van der Waals surface area contributed by atoms with E-state index in [4.69, 9.17) is 0 Å². The Morgan fingerprint density at radius 2 is 2.00 bits per heavy atom. The minimum Gasteiger partial charge on any atom is -0.355 e. The molecule has 0 spiro atoms. The van der Waals surface area contributed by atoms with Crippen LogP contribution in [0.3, 0.4) is 0 Å². The predicted octanol–water partition coefficient (Wildman–Crippen LogP) is 0.343. The minimum atomic E-state index is -0.260. The van der Waals surface area contributed by atoms with Crippen molar-refractivity contribution in [3.8, 4) is 0 Å². The Kier molecular flexibility index (Phi) is 5.12. The maximum atomic E-state index is 12.0. The Labute approximate surface area is 119 Å². The lowest BCUT2D eigenvalue weighted by molar-refractivity contribution is -0.127. The van der Waals surface area contributed by atoms with Gasteiger partial charge in [-0.2, -0.15) is 0 Å². The van der Waals surface area contributed by atoms with Crippen LogP contribution < -0.4 is 16.0 Å². The van der Waals surface area contributed by atoms with Crippen LogP contribution in [0.1, 0.15) is 24.5 Å². The van der Waals surface area contributed by atoms with E-state index >= 15 is 0 Å². The van der Waals surface area contributed by atoms with Gasteiger partial charge in [-0.25, -0.2) is 0 Å². The smallest absolute Gasteiger partial charge is 0.239 e. The molecule has 0 aliphatic carbocycles. The molecule has 2 amide bonds. The zero-order valence-corrected chi connectivity index (χ0v) is 11.7. The number of carbonyl (C=O) groups excluding carboxylic acids is 2. The Bertz CT molecular complexity index is 488. The third-order valence-electron chi connectivity index (χ3n) is 3.39. The Balaban J connectivity index is 1.81. The van der Waals surface area contributed by atoms with Gasteiger partial charge in [-0.05, 0) is 24.0 Å². The third-order valence-corrected chi connectivity index (χ3v) is 3.39. The van der Waals surface area contributed by atoms with E-state index < -0.39 is 0 Å². The third kappa shape index (κ3) is 3.81. The van der Waals surface area contributed by atoms with Gasteiger partial charge in [-0.3, -0.25) is 9.59 Å². The molecule has 5 heteroatoms. The van der Waals surface area contributed by atoms with Crippen molar-refractivity contribution in [2.24, 2.45) is 0 Å². The molecule has 0 saturated heterocycles. The highest BCUT2D eigenvalue weighted by atomic mass is 16.2. The number of rotatable bonds is 5. The summed E-state index contributed by atoms with van der Waals surface area (Å²) >= 11 is 0. The Morgan fingerprint density at radius 1 is 1.25 bits per heavy atom. The van der Waals surface area contributed by atoms with Crippen molar-refractivity contribution >= 4 is 11.8 Å². The number of amides is 2. The molecule has 1 atom stereocenters. The van der Waals surface area contributed by atoms with Crippen molar-refractivity contribution < 1.29 is 9.59 Å². The lowest BCUT2D eigenvalue weighted by Gasteiger charge is -2.25. The van der Waals surface area contributed by atoms with Crippen LogP contribution in [0.25, 0.3) is 0 Å². The van der Waals surface area contributed by atoms with E-state index in [1.54, 1.807) is 0 Å². The highest BCUT2D eigenvalue weighted by Crippen LogP contribution is 2.16. The van der Waals surface area contributed by atoms with E-state index in [-0.39, 0.29) is 24.4 Å². The Morgan fingerprint density at radius 3 is 2.75 bits per heavy atom. The normalized spacial score (nSPS) is 17.1. The zero-order valence-electron chi connectivity index (χ0n) is 11.7. The van der Waals surface area contributed by atoms with E-state index in [9.17, 15) is 9.59 Å². The van der Waals surface area contributed by atoms with Gasteiger partial charge < -0.3 is 16.0 Å². The number of fused-ring (bicyclic) bond motifs is 1. The summed E-state index contributed by atoms with van der Waals surface area (Å²) in [7, 11) is 0. The van der Waals surface area contributed by atoms with E-state index in [0.29, 0.717) is 19.5 Å². The number of benzene rings is 1. The van der Waals surface area contributed by atoms with Crippen molar-refractivity contribution in [1.29, 1.82) is 0 Å². The molecule has 1 aromatic rings. The molecule has 0 fully saturated rings. The molecule has 20 heavy (non-hydrogen) atoms. The topological polar surface area (TPSA) is 70.2 Å². The quantitative estimate of drug-likeness (QED) is 0.726. The number of hydrogen-bond acceptors (Lipinski definition) is 3. The van der Waals surface area contributed by atoms with Gasteiger partial charge in [-0.1, -0.05) is 31.2 Å². The van der Waals surface area contributed by atoms with Crippen LogP contribution in [0.15, 0.2) is 24.3 Å². The highest BCUT2D eigenvalue weighted by molar-refractivity contribution is 5.87. The predicted molar refractivity (Wildman–Crippen MR) is 77.1 cm³/mol. The molecule has 3 N–H and O–H groups in total. The summed E-state index contributed by atoms with van der Waals surface area (Å²) in [6, 6.07) is 7.83. The molecule has 1 heterocycles. The molecule has 2 rings (SSSR count). The molecule has 0 radical (unpaired) electrons. The zero-order chi connectivity index (χ0) is 14.4. The van der Waals surface area contributed by atoms with Crippen molar-refractivity contribution in [1.82, 2.24) is 16.0 Å². The van der Waals surface area contributed by atoms with Gasteiger partial charge >= 0.3 is 0 Å². The molecule has 1 aliphatic heterocycles.